The predicted octanol–water partition coefficient (Wildman–Crippen LogP) is 2.06. The van der Waals surface area contributed by atoms with E-state index in [1.165, 1.54) is 18.7 Å². The van der Waals surface area contributed by atoms with Crippen molar-refractivity contribution in [2.45, 2.75) is 52.9 Å². The van der Waals surface area contributed by atoms with Gasteiger partial charge in [0.05, 0.1) is 18.2 Å². The summed E-state index contributed by atoms with van der Waals surface area (Å²) in [7, 11) is 0. The first-order valence-electron chi connectivity index (χ1n) is 8.15. The van der Waals surface area contributed by atoms with Gasteiger partial charge in [0.25, 0.3) is 0 Å². The summed E-state index contributed by atoms with van der Waals surface area (Å²) in [6.07, 6.45) is 3.43. The first-order valence-corrected chi connectivity index (χ1v) is 9.13. The van der Waals surface area contributed by atoms with Crippen LogP contribution in [0.25, 0.3) is 0 Å². The number of hydrogen-bond donors (Lipinski definition) is 2. The van der Waals surface area contributed by atoms with E-state index >= 15 is 0 Å². The molecule has 0 heterocycles. The van der Waals surface area contributed by atoms with E-state index in [0.717, 1.165) is 19.3 Å². The minimum atomic E-state index is -0.632. The van der Waals surface area contributed by atoms with Gasteiger partial charge in [-0.1, -0.05) is 13.3 Å². The molecule has 0 bridgehead atoms. The number of nitrogens with two attached hydrogens (primary N) is 1. The number of rotatable bonds is 12. The number of carbonyl (C=O) groups is 3. The Kier molecular flexibility index (Phi) is 12.7. The number of carbonyl (C=O) groups excluding carboxylic acids is 3. The summed E-state index contributed by atoms with van der Waals surface area (Å²) >= 11 is 1.26. The topological polar surface area (TPSA) is 108 Å². The number of ether oxygens (including phenoxy) is 2. The number of amides is 1. The molecule has 7 nitrogen and oxygen atoms in total. The molecule has 0 aromatic carbocycles. The van der Waals surface area contributed by atoms with Crippen LogP contribution in [-0.4, -0.2) is 36.8 Å². The summed E-state index contributed by atoms with van der Waals surface area (Å²) in [6.45, 7) is 5.59. The molecule has 0 aromatic heterocycles. The van der Waals surface area contributed by atoms with Crippen molar-refractivity contribution in [3.8, 4) is 0 Å². The van der Waals surface area contributed by atoms with Crippen LogP contribution in [0.15, 0.2) is 10.7 Å². The first kappa shape index (κ1) is 22.3. The van der Waals surface area contributed by atoms with Crippen LogP contribution in [-0.2, 0) is 23.9 Å². The lowest BCUT2D eigenvalue weighted by Crippen LogP contribution is -2.31. The molecule has 138 valence electrons. The minimum Gasteiger partial charge on any atom is -0.466 e. The molecule has 0 spiro atoms. The highest BCUT2D eigenvalue weighted by molar-refractivity contribution is 8.03. The van der Waals surface area contributed by atoms with Gasteiger partial charge in [-0.25, -0.2) is 4.79 Å². The number of thioether (sulfide) groups is 1. The lowest BCUT2D eigenvalue weighted by Gasteiger charge is -2.12. The lowest BCUT2D eigenvalue weighted by molar-refractivity contribution is -0.141. The zero-order valence-electron chi connectivity index (χ0n) is 14.7. The number of nitrogens with one attached hydrogen (secondary N) is 1. The molecule has 0 rings (SSSR count). The van der Waals surface area contributed by atoms with Crippen LogP contribution in [0.4, 0.5) is 0 Å². The third-order valence-corrected chi connectivity index (χ3v) is 3.86. The highest BCUT2D eigenvalue weighted by Crippen LogP contribution is 2.16. The summed E-state index contributed by atoms with van der Waals surface area (Å²) in [5.74, 6) is -0.548. The van der Waals surface area contributed by atoms with Crippen LogP contribution in [0.2, 0.25) is 0 Å². The molecule has 0 saturated carbocycles. The van der Waals surface area contributed by atoms with Crippen molar-refractivity contribution < 1.29 is 23.9 Å². The summed E-state index contributed by atoms with van der Waals surface area (Å²) in [5.41, 5.74) is 5.93. The standard InChI is InChI=1S/C16H28N2O5S/c1-4-6-9-13(20)18-14(16(21)22-5-2)15(17)24-11-8-7-10-23-12(3)19/h4-11,17H2,1-3H3,(H,18,20)/b15-14+. The second-order valence-electron chi connectivity index (χ2n) is 5.01. The molecule has 0 atom stereocenters. The zero-order valence-corrected chi connectivity index (χ0v) is 15.5. The Balaban J connectivity index is 4.54. The highest BCUT2D eigenvalue weighted by Gasteiger charge is 2.18. The van der Waals surface area contributed by atoms with Crippen molar-refractivity contribution in [1.29, 1.82) is 0 Å². The molecule has 0 aliphatic heterocycles. The van der Waals surface area contributed by atoms with E-state index in [9.17, 15) is 14.4 Å². The molecular weight excluding hydrogens is 332 g/mol. The fourth-order valence-corrected chi connectivity index (χ4v) is 2.48. The van der Waals surface area contributed by atoms with Crippen molar-refractivity contribution in [2.24, 2.45) is 5.73 Å². The summed E-state index contributed by atoms with van der Waals surface area (Å²) in [5, 5.41) is 2.78. The highest BCUT2D eigenvalue weighted by atomic mass is 32.2. The van der Waals surface area contributed by atoms with Crippen LogP contribution < -0.4 is 11.1 Å². The van der Waals surface area contributed by atoms with Gasteiger partial charge in [0.1, 0.15) is 0 Å². The third kappa shape index (κ3) is 10.9. The SMILES string of the molecule is CCCCC(=O)N/C(C(=O)OCC)=C(\N)SCCCCOC(C)=O. The zero-order chi connectivity index (χ0) is 18.4. The number of hydrogen-bond acceptors (Lipinski definition) is 7. The van der Waals surface area contributed by atoms with Gasteiger partial charge in [-0.15, -0.1) is 11.8 Å². The molecule has 8 heteroatoms. The molecule has 0 unspecified atom stereocenters. The van der Waals surface area contributed by atoms with Crippen molar-refractivity contribution in [1.82, 2.24) is 5.32 Å². The Labute approximate surface area is 147 Å². The van der Waals surface area contributed by atoms with Crippen LogP contribution >= 0.6 is 11.8 Å². The van der Waals surface area contributed by atoms with Gasteiger partial charge in [-0.2, -0.15) is 0 Å². The Morgan fingerprint density at radius 1 is 1.08 bits per heavy atom. The van der Waals surface area contributed by atoms with E-state index in [1.807, 2.05) is 6.92 Å². The Hall–Kier alpha value is -1.70. The maximum absolute atomic E-state index is 12.0. The quantitative estimate of drug-likeness (QED) is 0.311. The first-order chi connectivity index (χ1) is 11.4. The largest absolute Gasteiger partial charge is 0.466 e. The average Bonchev–Trinajstić information content (AvgIpc) is 2.53. The van der Waals surface area contributed by atoms with Crippen molar-refractivity contribution >= 4 is 29.6 Å². The predicted molar refractivity (Wildman–Crippen MR) is 93.8 cm³/mol. The van der Waals surface area contributed by atoms with Crippen LogP contribution in [0.3, 0.4) is 0 Å². The molecule has 3 N–H and O–H groups in total. The van der Waals surface area contributed by atoms with E-state index < -0.39 is 5.97 Å². The van der Waals surface area contributed by atoms with Gasteiger partial charge in [-0.05, 0) is 31.9 Å². The van der Waals surface area contributed by atoms with E-state index in [4.69, 9.17) is 15.2 Å². The molecule has 0 aliphatic carbocycles. The van der Waals surface area contributed by atoms with E-state index in [2.05, 4.69) is 5.32 Å². The van der Waals surface area contributed by atoms with Gasteiger partial charge in [0, 0.05) is 13.3 Å². The Bertz CT molecular complexity index is 452. The third-order valence-electron chi connectivity index (χ3n) is 2.85. The fraction of sp³-hybridized carbons (Fsp3) is 0.688. The minimum absolute atomic E-state index is 0.00272. The molecule has 0 radical (unpaired) electrons. The number of unbranched alkanes of at least 4 members (excludes halogenated alkanes) is 2. The van der Waals surface area contributed by atoms with Crippen LogP contribution in [0, 0.1) is 0 Å². The van der Waals surface area contributed by atoms with Crippen LogP contribution in [0.1, 0.15) is 52.9 Å². The molecule has 0 aliphatic rings. The van der Waals surface area contributed by atoms with Gasteiger partial charge < -0.3 is 20.5 Å². The molecule has 0 saturated heterocycles. The molecule has 0 fully saturated rings. The van der Waals surface area contributed by atoms with Gasteiger partial charge >= 0.3 is 11.9 Å². The Morgan fingerprint density at radius 3 is 2.38 bits per heavy atom. The van der Waals surface area contributed by atoms with E-state index in [-0.39, 0.29) is 29.2 Å². The fourth-order valence-electron chi connectivity index (χ4n) is 1.63. The van der Waals surface area contributed by atoms with E-state index in [1.54, 1.807) is 6.92 Å². The van der Waals surface area contributed by atoms with E-state index in [0.29, 0.717) is 25.2 Å². The second-order valence-corrected chi connectivity index (χ2v) is 6.14. The van der Waals surface area contributed by atoms with Crippen LogP contribution in [0.5, 0.6) is 0 Å². The maximum Gasteiger partial charge on any atom is 0.357 e. The lowest BCUT2D eigenvalue weighted by atomic mass is 10.2. The maximum atomic E-state index is 12.0. The molecule has 1 amide bonds. The normalized spacial score (nSPS) is 11.5. The summed E-state index contributed by atoms with van der Waals surface area (Å²) in [4.78, 5) is 34.4. The summed E-state index contributed by atoms with van der Waals surface area (Å²) in [6, 6.07) is 0. The average molecular weight is 360 g/mol. The van der Waals surface area contributed by atoms with Gasteiger partial charge in [0.15, 0.2) is 5.70 Å². The smallest absolute Gasteiger partial charge is 0.357 e. The Morgan fingerprint density at radius 2 is 1.79 bits per heavy atom. The van der Waals surface area contributed by atoms with Crippen molar-refractivity contribution in [3.63, 3.8) is 0 Å². The second kappa shape index (κ2) is 13.7. The summed E-state index contributed by atoms with van der Waals surface area (Å²) < 4.78 is 9.77. The van der Waals surface area contributed by atoms with Crippen molar-refractivity contribution in [2.75, 3.05) is 19.0 Å². The molecule has 0 aromatic rings. The number of esters is 2. The van der Waals surface area contributed by atoms with Crippen molar-refractivity contribution in [3.05, 3.63) is 10.7 Å². The molecule has 24 heavy (non-hydrogen) atoms. The molecular formula is C16H28N2O5S. The van der Waals surface area contributed by atoms with Gasteiger partial charge in [0.2, 0.25) is 5.91 Å². The van der Waals surface area contributed by atoms with Gasteiger partial charge in [-0.3, -0.25) is 9.59 Å². The monoisotopic (exact) mass is 360 g/mol.